The number of azo groups is 1. The number of methoxy groups -OCH3 is 1. The van der Waals surface area contributed by atoms with Gasteiger partial charge in [0.05, 0.1) is 27.7 Å². The second-order valence-corrected chi connectivity index (χ2v) is 10.3. The molecule has 9 nitrogen and oxygen atoms in total. The number of hydrogen-bond donors (Lipinski definition) is 2. The van der Waals surface area contributed by atoms with Gasteiger partial charge in [0.2, 0.25) is 0 Å². The van der Waals surface area contributed by atoms with E-state index in [1.807, 2.05) is 0 Å². The molecule has 4 rings (SSSR count). The van der Waals surface area contributed by atoms with Gasteiger partial charge in [0.1, 0.15) is 11.4 Å². The van der Waals surface area contributed by atoms with Gasteiger partial charge in [-0.05, 0) is 53.8 Å². The summed E-state index contributed by atoms with van der Waals surface area (Å²) < 4.78 is 37.9. The molecule has 4 aromatic carbocycles. The van der Waals surface area contributed by atoms with E-state index in [1.165, 1.54) is 25.3 Å². The fraction of sp³-hybridized carbons (Fsp3) is 0.115. The molecule has 0 heterocycles. The Bertz CT molecular complexity index is 1710. The van der Waals surface area contributed by atoms with Crippen LogP contribution in [-0.2, 0) is 16.5 Å². The molecule has 0 bridgehead atoms. The minimum Gasteiger partial charge on any atom is -0.870 e. The minimum absolute atomic E-state index is 0. The molecule has 39 heavy (non-hydrogen) atoms. The van der Waals surface area contributed by atoms with E-state index in [0.29, 0.717) is 22.2 Å². The van der Waals surface area contributed by atoms with Crippen LogP contribution in [0.1, 0.15) is 22.8 Å². The molecule has 0 unspecified atom stereocenters. The third kappa shape index (κ3) is 6.72. The van der Waals surface area contributed by atoms with E-state index in [0.717, 1.165) is 6.07 Å². The second-order valence-electron chi connectivity index (χ2n) is 8.07. The summed E-state index contributed by atoms with van der Waals surface area (Å²) in [5.74, 6) is -0.926. The molecule has 0 aliphatic rings. The predicted molar refractivity (Wildman–Crippen MR) is 144 cm³/mol. The zero-order chi connectivity index (χ0) is 27.6. The molecule has 0 atom stereocenters. The van der Waals surface area contributed by atoms with Crippen molar-refractivity contribution in [1.29, 1.82) is 0 Å². The molecule has 0 aliphatic heterocycles. The van der Waals surface area contributed by atoms with E-state index in [9.17, 15) is 22.9 Å². The first-order chi connectivity index (χ1) is 18.0. The summed E-state index contributed by atoms with van der Waals surface area (Å²) >= 11 is 12.3. The Hall–Kier alpha value is -2.70. The molecular formula is C26H20Cl2N3NaO6S. The summed E-state index contributed by atoms with van der Waals surface area (Å²) in [5.41, 5.74) is 0.432. The van der Waals surface area contributed by atoms with Crippen molar-refractivity contribution in [3.05, 3.63) is 81.8 Å². The van der Waals surface area contributed by atoms with Gasteiger partial charge in [-0.2, -0.15) is 13.5 Å². The van der Waals surface area contributed by atoms with E-state index >= 15 is 0 Å². The number of benzene rings is 4. The molecule has 0 aromatic heterocycles. The van der Waals surface area contributed by atoms with Gasteiger partial charge in [0.15, 0.2) is 0 Å². The number of ether oxygens (including phenoxy) is 1. The molecule has 0 radical (unpaired) electrons. The molecule has 13 heteroatoms. The molecule has 4 aromatic rings. The van der Waals surface area contributed by atoms with Crippen molar-refractivity contribution in [2.24, 2.45) is 10.2 Å². The molecule has 2 N–H and O–H groups in total. The van der Waals surface area contributed by atoms with Crippen molar-refractivity contribution >= 4 is 67.1 Å². The Balaban J connectivity index is 0.00000420. The van der Waals surface area contributed by atoms with E-state index in [4.69, 9.17) is 27.9 Å². The van der Waals surface area contributed by atoms with Crippen LogP contribution in [0.25, 0.3) is 10.8 Å². The molecule has 196 valence electrons. The number of hydrogen-bond acceptors (Lipinski definition) is 7. The SMILES string of the molecule is CCc1cc(N=Nc2c([O-])c(C(=O)Nc3ccc(OC)c(Cl)c3)cc3ccccc23)c(Cl)cc1S(=O)(=O)O.[Na+]. The van der Waals surface area contributed by atoms with E-state index in [1.54, 1.807) is 43.3 Å². The standard InChI is InChI=1S/C26H21Cl2N3O6S.Na/c1-3-14-11-21(19(27)13-23(14)38(34,35)36)30-31-24-17-7-5-4-6-15(17)10-18(25(24)32)26(33)29-16-8-9-22(37-2)20(28)12-16;/h4-13,32H,3H2,1-2H3,(H,29,33)(H,34,35,36);/q;+1/p-1. The van der Waals surface area contributed by atoms with Crippen LogP contribution in [0.4, 0.5) is 17.1 Å². The summed E-state index contributed by atoms with van der Waals surface area (Å²) in [6, 6.07) is 15.4. The van der Waals surface area contributed by atoms with E-state index in [-0.39, 0.29) is 73.4 Å². The predicted octanol–water partition coefficient (Wildman–Crippen LogP) is 3.71. The number of rotatable bonds is 7. The number of carbonyl (C=O) groups is 1. The van der Waals surface area contributed by atoms with Crippen LogP contribution < -0.4 is 44.7 Å². The molecule has 0 aliphatic carbocycles. The number of amides is 1. The van der Waals surface area contributed by atoms with Gasteiger partial charge in [-0.15, -0.1) is 5.11 Å². The topological polar surface area (TPSA) is 140 Å². The maximum absolute atomic E-state index is 13.4. The summed E-state index contributed by atoms with van der Waals surface area (Å²) in [7, 11) is -3.04. The quantitative estimate of drug-likeness (QED) is 0.189. The Kier molecular flexibility index (Phi) is 10.0. The van der Waals surface area contributed by atoms with Crippen LogP contribution in [0.3, 0.4) is 0 Å². The van der Waals surface area contributed by atoms with Gasteiger partial charge in [-0.1, -0.05) is 60.1 Å². The van der Waals surface area contributed by atoms with Crippen molar-refractivity contribution in [2.45, 2.75) is 18.2 Å². The third-order valence-corrected chi connectivity index (χ3v) is 7.21. The number of nitrogens with one attached hydrogen (secondary N) is 1. The fourth-order valence-electron chi connectivity index (χ4n) is 3.80. The normalized spacial score (nSPS) is 11.4. The van der Waals surface area contributed by atoms with Crippen molar-refractivity contribution in [3.63, 3.8) is 0 Å². The van der Waals surface area contributed by atoms with Crippen LogP contribution in [-0.4, -0.2) is 26.0 Å². The van der Waals surface area contributed by atoms with E-state index in [2.05, 4.69) is 15.5 Å². The van der Waals surface area contributed by atoms with Gasteiger partial charge < -0.3 is 15.2 Å². The average molecular weight is 596 g/mol. The first-order valence-corrected chi connectivity index (χ1v) is 13.3. The molecule has 0 spiro atoms. The maximum Gasteiger partial charge on any atom is 1.00 e. The molecule has 1 amide bonds. The number of nitrogens with zero attached hydrogens (tertiary/aromatic N) is 2. The Morgan fingerprint density at radius 2 is 1.77 bits per heavy atom. The summed E-state index contributed by atoms with van der Waals surface area (Å²) in [5, 5.41) is 25.5. The first kappa shape index (κ1) is 30.8. The van der Waals surface area contributed by atoms with Crippen molar-refractivity contribution < 1.29 is 57.2 Å². The summed E-state index contributed by atoms with van der Waals surface area (Å²) in [6.07, 6.45) is 0.260. The zero-order valence-electron chi connectivity index (χ0n) is 21.0. The number of halogens is 2. The van der Waals surface area contributed by atoms with Crippen LogP contribution in [0.2, 0.25) is 10.0 Å². The fourth-order valence-corrected chi connectivity index (χ4v) is 5.13. The molecule has 0 saturated carbocycles. The third-order valence-electron chi connectivity index (χ3n) is 5.68. The molecular weight excluding hydrogens is 576 g/mol. The Labute approximate surface area is 256 Å². The largest absolute Gasteiger partial charge is 1.00 e. The van der Waals surface area contributed by atoms with Crippen molar-refractivity contribution in [1.82, 2.24) is 0 Å². The minimum atomic E-state index is -4.50. The van der Waals surface area contributed by atoms with Gasteiger partial charge >= 0.3 is 29.6 Å². The first-order valence-electron chi connectivity index (χ1n) is 11.1. The Morgan fingerprint density at radius 1 is 1.05 bits per heavy atom. The molecule has 0 fully saturated rings. The zero-order valence-corrected chi connectivity index (χ0v) is 25.4. The van der Waals surface area contributed by atoms with Gasteiger partial charge in [0, 0.05) is 16.6 Å². The van der Waals surface area contributed by atoms with Crippen LogP contribution in [0.15, 0.2) is 75.8 Å². The van der Waals surface area contributed by atoms with Crippen LogP contribution in [0.5, 0.6) is 11.5 Å². The number of fused-ring (bicyclic) bond motifs is 1. The molecule has 0 saturated heterocycles. The van der Waals surface area contributed by atoms with Gasteiger partial charge in [-0.25, -0.2) is 0 Å². The smallest absolute Gasteiger partial charge is 0.870 e. The van der Waals surface area contributed by atoms with Crippen LogP contribution in [0, 0.1) is 0 Å². The number of carbonyl (C=O) groups excluding carboxylic acids is 1. The summed E-state index contributed by atoms with van der Waals surface area (Å²) in [6.45, 7) is 1.69. The monoisotopic (exact) mass is 595 g/mol. The maximum atomic E-state index is 13.4. The van der Waals surface area contributed by atoms with Crippen molar-refractivity contribution in [3.8, 4) is 11.5 Å². The Morgan fingerprint density at radius 3 is 2.41 bits per heavy atom. The van der Waals surface area contributed by atoms with Crippen molar-refractivity contribution in [2.75, 3.05) is 12.4 Å². The van der Waals surface area contributed by atoms with Gasteiger partial charge in [-0.3, -0.25) is 9.35 Å². The van der Waals surface area contributed by atoms with Crippen LogP contribution >= 0.6 is 23.2 Å². The van der Waals surface area contributed by atoms with Gasteiger partial charge in [0.25, 0.3) is 16.0 Å². The average Bonchev–Trinajstić information content (AvgIpc) is 2.87. The summed E-state index contributed by atoms with van der Waals surface area (Å²) in [4.78, 5) is 12.7. The number of aryl methyl sites for hydroxylation is 1. The van der Waals surface area contributed by atoms with E-state index < -0.39 is 21.8 Å². The number of anilines is 1. The second kappa shape index (κ2) is 12.6.